The molecule has 0 spiro atoms. The smallest absolute Gasteiger partial charge is 0.0662 e. The molecule has 0 saturated carbocycles. The normalized spacial score (nSPS) is 10.8. The van der Waals surface area contributed by atoms with Gasteiger partial charge in [0.15, 0.2) is 0 Å². The Balaban J connectivity index is 1.79. The number of nitrogens with zero attached hydrogens (tertiary/aromatic N) is 2. The van der Waals surface area contributed by atoms with E-state index in [1.54, 1.807) is 7.11 Å². The number of ether oxygens (including phenoxy) is 2. The van der Waals surface area contributed by atoms with Gasteiger partial charge in [0, 0.05) is 37.8 Å². The lowest BCUT2D eigenvalue weighted by atomic mass is 10.1. The Morgan fingerprint density at radius 1 is 1.10 bits per heavy atom. The fourth-order valence-corrected chi connectivity index (χ4v) is 1.88. The predicted molar refractivity (Wildman–Crippen MR) is 79.4 cm³/mol. The third kappa shape index (κ3) is 4.36. The van der Waals surface area contributed by atoms with Crippen molar-refractivity contribution < 1.29 is 9.47 Å². The van der Waals surface area contributed by atoms with Crippen LogP contribution in [0.4, 0.5) is 5.69 Å². The van der Waals surface area contributed by atoms with Crippen molar-refractivity contribution in [2.75, 3.05) is 32.7 Å². The van der Waals surface area contributed by atoms with Gasteiger partial charge in [-0.2, -0.15) is 5.10 Å². The van der Waals surface area contributed by atoms with Crippen LogP contribution in [0.25, 0.3) is 11.1 Å². The van der Waals surface area contributed by atoms with Gasteiger partial charge in [-0.05, 0) is 24.1 Å². The van der Waals surface area contributed by atoms with E-state index in [0.29, 0.717) is 6.61 Å². The SMILES string of the molecule is COCCCOCCn1cc(-c2ccc(N)cc2)cn1. The zero-order valence-corrected chi connectivity index (χ0v) is 11.8. The summed E-state index contributed by atoms with van der Waals surface area (Å²) in [5, 5.41) is 4.33. The Bertz CT molecular complexity index is 508. The molecule has 108 valence electrons. The number of nitrogen functional groups attached to an aromatic ring is 1. The Kier molecular flexibility index (Phi) is 5.58. The summed E-state index contributed by atoms with van der Waals surface area (Å²) in [4.78, 5) is 0. The number of aromatic nitrogens is 2. The molecule has 20 heavy (non-hydrogen) atoms. The molecule has 2 rings (SSSR count). The van der Waals surface area contributed by atoms with Crippen LogP contribution in [-0.4, -0.2) is 36.7 Å². The molecule has 0 aliphatic carbocycles. The van der Waals surface area contributed by atoms with E-state index in [1.807, 2.05) is 41.3 Å². The number of hydrogen-bond acceptors (Lipinski definition) is 4. The molecular formula is C15H21N3O2. The first-order chi connectivity index (χ1) is 9.79. The van der Waals surface area contributed by atoms with E-state index in [4.69, 9.17) is 15.2 Å². The highest BCUT2D eigenvalue weighted by atomic mass is 16.5. The molecule has 0 radical (unpaired) electrons. The van der Waals surface area contributed by atoms with Crippen molar-refractivity contribution in [3.05, 3.63) is 36.7 Å². The van der Waals surface area contributed by atoms with Crippen molar-refractivity contribution in [3.63, 3.8) is 0 Å². The molecule has 1 aromatic heterocycles. The number of rotatable bonds is 8. The molecule has 0 aliphatic heterocycles. The minimum absolute atomic E-state index is 0.659. The number of anilines is 1. The van der Waals surface area contributed by atoms with Crippen LogP contribution in [0.5, 0.6) is 0 Å². The highest BCUT2D eigenvalue weighted by Gasteiger charge is 2.01. The summed E-state index contributed by atoms with van der Waals surface area (Å²) >= 11 is 0. The first-order valence-corrected chi connectivity index (χ1v) is 6.74. The molecule has 0 bridgehead atoms. The molecule has 1 aromatic carbocycles. The van der Waals surface area contributed by atoms with Crippen LogP contribution < -0.4 is 5.73 Å². The van der Waals surface area contributed by atoms with E-state index >= 15 is 0 Å². The van der Waals surface area contributed by atoms with Gasteiger partial charge in [-0.25, -0.2) is 0 Å². The maximum Gasteiger partial charge on any atom is 0.0662 e. The molecule has 1 heterocycles. The fraction of sp³-hybridized carbons (Fsp3) is 0.400. The van der Waals surface area contributed by atoms with Crippen LogP contribution >= 0.6 is 0 Å². The predicted octanol–water partition coefficient (Wildman–Crippen LogP) is 2.19. The highest BCUT2D eigenvalue weighted by molar-refractivity contribution is 5.63. The Labute approximate surface area is 119 Å². The van der Waals surface area contributed by atoms with E-state index in [2.05, 4.69) is 5.10 Å². The second-order valence-corrected chi connectivity index (χ2v) is 4.57. The van der Waals surface area contributed by atoms with Crippen molar-refractivity contribution in [2.24, 2.45) is 0 Å². The first-order valence-electron chi connectivity index (χ1n) is 6.74. The van der Waals surface area contributed by atoms with Crippen LogP contribution in [-0.2, 0) is 16.0 Å². The molecule has 0 fully saturated rings. The second-order valence-electron chi connectivity index (χ2n) is 4.57. The minimum atomic E-state index is 0.659. The summed E-state index contributed by atoms with van der Waals surface area (Å²) in [5.41, 5.74) is 8.65. The molecule has 5 nitrogen and oxygen atoms in total. The van der Waals surface area contributed by atoms with Crippen molar-refractivity contribution >= 4 is 5.69 Å². The maximum absolute atomic E-state index is 5.68. The lowest BCUT2D eigenvalue weighted by molar-refractivity contribution is 0.0961. The van der Waals surface area contributed by atoms with Gasteiger partial charge >= 0.3 is 0 Å². The molecule has 2 N–H and O–H groups in total. The zero-order valence-electron chi connectivity index (χ0n) is 11.8. The highest BCUT2D eigenvalue weighted by Crippen LogP contribution is 2.19. The molecule has 5 heteroatoms. The fourth-order valence-electron chi connectivity index (χ4n) is 1.88. The lowest BCUT2D eigenvalue weighted by Gasteiger charge is -2.04. The van der Waals surface area contributed by atoms with Crippen LogP contribution in [0.2, 0.25) is 0 Å². The van der Waals surface area contributed by atoms with Crippen LogP contribution in [0.3, 0.4) is 0 Å². The molecule has 0 aliphatic rings. The van der Waals surface area contributed by atoms with Gasteiger partial charge in [0.2, 0.25) is 0 Å². The zero-order chi connectivity index (χ0) is 14.2. The average Bonchev–Trinajstić information content (AvgIpc) is 2.92. The average molecular weight is 275 g/mol. The lowest BCUT2D eigenvalue weighted by Crippen LogP contribution is -2.08. The molecule has 2 aromatic rings. The monoisotopic (exact) mass is 275 g/mol. The molecular weight excluding hydrogens is 254 g/mol. The van der Waals surface area contributed by atoms with E-state index < -0.39 is 0 Å². The molecule has 0 atom stereocenters. The summed E-state index contributed by atoms with van der Waals surface area (Å²) < 4.78 is 12.4. The quantitative estimate of drug-likeness (QED) is 0.592. The van der Waals surface area contributed by atoms with Gasteiger partial charge in [-0.3, -0.25) is 4.68 Å². The summed E-state index contributed by atoms with van der Waals surface area (Å²) in [7, 11) is 1.70. The van der Waals surface area contributed by atoms with Crippen LogP contribution in [0, 0.1) is 0 Å². The van der Waals surface area contributed by atoms with Crippen LogP contribution in [0.1, 0.15) is 6.42 Å². The van der Waals surface area contributed by atoms with Crippen molar-refractivity contribution in [1.29, 1.82) is 0 Å². The third-order valence-electron chi connectivity index (χ3n) is 2.98. The Morgan fingerprint density at radius 3 is 2.65 bits per heavy atom. The van der Waals surface area contributed by atoms with Gasteiger partial charge < -0.3 is 15.2 Å². The first kappa shape index (κ1) is 14.6. The summed E-state index contributed by atoms with van der Waals surface area (Å²) in [6.07, 6.45) is 4.80. The summed E-state index contributed by atoms with van der Waals surface area (Å²) in [6.45, 7) is 2.87. The standard InChI is InChI=1S/C15H21N3O2/c1-19-8-2-9-20-10-7-18-12-14(11-17-18)13-3-5-15(16)6-4-13/h3-6,11-12H,2,7-10,16H2,1H3. The van der Waals surface area contributed by atoms with Gasteiger partial charge in [0.1, 0.15) is 0 Å². The number of methoxy groups -OCH3 is 1. The molecule has 0 unspecified atom stereocenters. The molecule has 0 saturated heterocycles. The van der Waals surface area contributed by atoms with Crippen molar-refractivity contribution in [3.8, 4) is 11.1 Å². The summed E-state index contributed by atoms with van der Waals surface area (Å²) in [5.74, 6) is 0. The topological polar surface area (TPSA) is 62.3 Å². The van der Waals surface area contributed by atoms with E-state index in [1.165, 1.54) is 0 Å². The Hall–Kier alpha value is -1.85. The van der Waals surface area contributed by atoms with E-state index in [9.17, 15) is 0 Å². The summed E-state index contributed by atoms with van der Waals surface area (Å²) in [6, 6.07) is 7.78. The van der Waals surface area contributed by atoms with Gasteiger partial charge in [0.05, 0.1) is 19.3 Å². The van der Waals surface area contributed by atoms with E-state index in [-0.39, 0.29) is 0 Å². The van der Waals surface area contributed by atoms with Crippen molar-refractivity contribution in [2.45, 2.75) is 13.0 Å². The largest absolute Gasteiger partial charge is 0.399 e. The maximum atomic E-state index is 5.68. The third-order valence-corrected chi connectivity index (χ3v) is 2.98. The Morgan fingerprint density at radius 2 is 1.90 bits per heavy atom. The van der Waals surface area contributed by atoms with Crippen molar-refractivity contribution in [1.82, 2.24) is 9.78 Å². The van der Waals surface area contributed by atoms with Gasteiger partial charge in [-0.15, -0.1) is 0 Å². The van der Waals surface area contributed by atoms with Crippen LogP contribution in [0.15, 0.2) is 36.7 Å². The second kappa shape index (κ2) is 7.67. The number of benzene rings is 1. The van der Waals surface area contributed by atoms with Gasteiger partial charge in [0.25, 0.3) is 0 Å². The van der Waals surface area contributed by atoms with Gasteiger partial charge in [-0.1, -0.05) is 12.1 Å². The number of hydrogen-bond donors (Lipinski definition) is 1. The number of nitrogens with two attached hydrogens (primary N) is 1. The van der Waals surface area contributed by atoms with E-state index in [0.717, 1.165) is 43.0 Å². The minimum Gasteiger partial charge on any atom is -0.399 e. The molecule has 0 amide bonds.